The number of sulfonamides is 1. The largest absolute Gasteiger partial charge is 0.480 e. The molecule has 7 heteroatoms. The van der Waals surface area contributed by atoms with Gasteiger partial charge in [-0.25, -0.2) is 8.42 Å². The van der Waals surface area contributed by atoms with Crippen LogP contribution in [-0.4, -0.2) is 25.5 Å². The highest BCUT2D eigenvalue weighted by molar-refractivity contribution is 7.89. The molecule has 0 bridgehead atoms. The van der Waals surface area contributed by atoms with Gasteiger partial charge in [0.1, 0.15) is 6.04 Å². The molecule has 1 rings (SSSR count). The normalized spacial score (nSPS) is 12.6. The Morgan fingerprint density at radius 3 is 2.42 bits per heavy atom. The predicted octanol–water partition coefficient (Wildman–Crippen LogP) is 0.894. The summed E-state index contributed by atoms with van der Waals surface area (Å²) in [5.41, 5.74) is 0.701. The molecule has 0 aliphatic heterocycles. The second kappa shape index (κ2) is 6.31. The average Bonchev–Trinajstić information content (AvgIpc) is 2.37. The van der Waals surface area contributed by atoms with Gasteiger partial charge in [-0.2, -0.15) is 9.98 Å². The van der Waals surface area contributed by atoms with Crippen LogP contribution >= 0.6 is 0 Å². The van der Waals surface area contributed by atoms with Crippen molar-refractivity contribution < 1.29 is 18.3 Å². The summed E-state index contributed by atoms with van der Waals surface area (Å²) in [6, 6.07) is 6.56. The first kappa shape index (κ1) is 15.1. The van der Waals surface area contributed by atoms with Crippen molar-refractivity contribution in [2.24, 2.45) is 0 Å². The first-order valence-corrected chi connectivity index (χ1v) is 7.10. The SMILES string of the molecule is CC[C@H](NS(=O)(=O)c1ccc(CC#N)cc1)C(=O)O. The maximum absolute atomic E-state index is 11.9. The van der Waals surface area contributed by atoms with Gasteiger partial charge >= 0.3 is 5.97 Å². The second-order valence-corrected chi connectivity index (χ2v) is 5.61. The molecule has 0 spiro atoms. The number of carboxylic acid groups (broad SMARTS) is 1. The Labute approximate surface area is 111 Å². The fourth-order valence-corrected chi connectivity index (χ4v) is 2.71. The van der Waals surface area contributed by atoms with Gasteiger partial charge in [-0.3, -0.25) is 4.79 Å². The molecule has 0 radical (unpaired) electrons. The first-order valence-electron chi connectivity index (χ1n) is 5.61. The summed E-state index contributed by atoms with van der Waals surface area (Å²) in [5.74, 6) is -1.22. The fourth-order valence-electron chi connectivity index (χ4n) is 1.44. The number of benzene rings is 1. The van der Waals surface area contributed by atoms with Crippen LogP contribution < -0.4 is 4.72 Å². The van der Waals surface area contributed by atoms with Gasteiger partial charge in [0.25, 0.3) is 0 Å². The molecule has 0 saturated carbocycles. The third-order valence-corrected chi connectivity index (χ3v) is 4.01. The van der Waals surface area contributed by atoms with Crippen molar-refractivity contribution in [3.05, 3.63) is 29.8 Å². The third kappa shape index (κ3) is 4.05. The Morgan fingerprint density at radius 2 is 2.00 bits per heavy atom. The van der Waals surface area contributed by atoms with E-state index in [4.69, 9.17) is 10.4 Å². The second-order valence-electron chi connectivity index (χ2n) is 3.90. The van der Waals surface area contributed by atoms with Crippen LogP contribution in [0.15, 0.2) is 29.2 Å². The molecule has 0 unspecified atom stereocenters. The summed E-state index contributed by atoms with van der Waals surface area (Å²) in [6.45, 7) is 1.58. The van der Waals surface area contributed by atoms with Gasteiger partial charge in [0, 0.05) is 0 Å². The van der Waals surface area contributed by atoms with Crippen molar-refractivity contribution in [2.75, 3.05) is 0 Å². The number of nitriles is 1. The van der Waals surface area contributed by atoms with Gasteiger partial charge in [-0.15, -0.1) is 0 Å². The minimum Gasteiger partial charge on any atom is -0.480 e. The number of nitrogens with zero attached hydrogens (tertiary/aromatic N) is 1. The first-order chi connectivity index (χ1) is 8.90. The van der Waals surface area contributed by atoms with Gasteiger partial charge in [0.2, 0.25) is 10.0 Å². The molecule has 102 valence electrons. The Hall–Kier alpha value is -1.91. The Bertz CT molecular complexity index is 587. The van der Waals surface area contributed by atoms with Crippen LogP contribution in [0.3, 0.4) is 0 Å². The van der Waals surface area contributed by atoms with Gasteiger partial charge < -0.3 is 5.11 Å². The van der Waals surface area contributed by atoms with Crippen LogP contribution in [-0.2, 0) is 21.2 Å². The van der Waals surface area contributed by atoms with Crippen LogP contribution in [0.2, 0.25) is 0 Å². The topological polar surface area (TPSA) is 107 Å². The number of hydrogen-bond donors (Lipinski definition) is 2. The van der Waals surface area contributed by atoms with Gasteiger partial charge in [-0.1, -0.05) is 19.1 Å². The van der Waals surface area contributed by atoms with Gasteiger partial charge in [0.15, 0.2) is 0 Å². The molecule has 6 nitrogen and oxygen atoms in total. The van der Waals surface area contributed by atoms with E-state index in [-0.39, 0.29) is 17.7 Å². The van der Waals surface area contributed by atoms with Crippen LogP contribution in [0.4, 0.5) is 0 Å². The van der Waals surface area contributed by atoms with Crippen LogP contribution in [0.1, 0.15) is 18.9 Å². The molecule has 0 heterocycles. The number of carboxylic acids is 1. The zero-order chi connectivity index (χ0) is 14.5. The van der Waals surface area contributed by atoms with E-state index in [9.17, 15) is 13.2 Å². The minimum atomic E-state index is -3.86. The fraction of sp³-hybridized carbons (Fsp3) is 0.333. The van der Waals surface area contributed by atoms with E-state index in [1.54, 1.807) is 6.92 Å². The van der Waals surface area contributed by atoms with E-state index >= 15 is 0 Å². The maximum Gasteiger partial charge on any atom is 0.321 e. The molecule has 19 heavy (non-hydrogen) atoms. The van der Waals surface area contributed by atoms with Gasteiger partial charge in [0.05, 0.1) is 17.4 Å². The number of aliphatic carboxylic acids is 1. The van der Waals surface area contributed by atoms with Gasteiger partial charge in [-0.05, 0) is 24.1 Å². The Balaban J connectivity index is 2.94. The number of rotatable bonds is 6. The lowest BCUT2D eigenvalue weighted by Gasteiger charge is -2.12. The maximum atomic E-state index is 11.9. The van der Waals surface area contributed by atoms with Crippen molar-refractivity contribution >= 4 is 16.0 Å². The van der Waals surface area contributed by atoms with Crippen LogP contribution in [0.25, 0.3) is 0 Å². The van der Waals surface area contributed by atoms with E-state index in [0.29, 0.717) is 5.56 Å². The number of carbonyl (C=O) groups is 1. The lowest BCUT2D eigenvalue weighted by Crippen LogP contribution is -2.40. The highest BCUT2D eigenvalue weighted by Crippen LogP contribution is 2.12. The molecule has 0 aromatic heterocycles. The summed E-state index contributed by atoms with van der Waals surface area (Å²) in [5, 5.41) is 17.3. The molecule has 0 amide bonds. The van der Waals surface area contributed by atoms with E-state index in [1.165, 1.54) is 24.3 Å². The van der Waals surface area contributed by atoms with Crippen molar-refractivity contribution in [1.29, 1.82) is 5.26 Å². The molecule has 1 atom stereocenters. The summed E-state index contributed by atoms with van der Waals surface area (Å²) < 4.78 is 26.0. The predicted molar refractivity (Wildman–Crippen MR) is 67.8 cm³/mol. The lowest BCUT2D eigenvalue weighted by molar-refractivity contribution is -0.139. The summed E-state index contributed by atoms with van der Waals surface area (Å²) in [7, 11) is -3.86. The summed E-state index contributed by atoms with van der Waals surface area (Å²) in [4.78, 5) is 10.8. The molecule has 2 N–H and O–H groups in total. The quantitative estimate of drug-likeness (QED) is 0.805. The van der Waals surface area contributed by atoms with Crippen molar-refractivity contribution in [1.82, 2.24) is 4.72 Å². The van der Waals surface area contributed by atoms with E-state index < -0.39 is 22.0 Å². The van der Waals surface area contributed by atoms with Crippen molar-refractivity contribution in [3.63, 3.8) is 0 Å². The molecule has 1 aromatic carbocycles. The third-order valence-electron chi connectivity index (χ3n) is 2.52. The zero-order valence-electron chi connectivity index (χ0n) is 10.3. The lowest BCUT2D eigenvalue weighted by atomic mass is 10.2. The number of nitrogens with one attached hydrogen (secondary N) is 1. The monoisotopic (exact) mass is 282 g/mol. The molecular weight excluding hydrogens is 268 g/mol. The standard InChI is InChI=1S/C12H14N2O4S/c1-2-11(12(15)16)14-19(17,18)10-5-3-9(4-6-10)7-8-13/h3-6,11,14H,2,7H2,1H3,(H,15,16)/t11-/m0/s1. The molecule has 0 fully saturated rings. The van der Waals surface area contributed by atoms with E-state index in [1.807, 2.05) is 6.07 Å². The molecule has 0 aliphatic rings. The highest BCUT2D eigenvalue weighted by Gasteiger charge is 2.23. The number of hydrogen-bond acceptors (Lipinski definition) is 4. The zero-order valence-corrected chi connectivity index (χ0v) is 11.1. The molecule has 0 aliphatic carbocycles. The van der Waals surface area contributed by atoms with Crippen molar-refractivity contribution in [2.45, 2.75) is 30.7 Å². The van der Waals surface area contributed by atoms with E-state index in [2.05, 4.69) is 4.72 Å². The summed E-state index contributed by atoms with van der Waals surface area (Å²) >= 11 is 0. The van der Waals surface area contributed by atoms with E-state index in [0.717, 1.165) is 0 Å². The van der Waals surface area contributed by atoms with Crippen LogP contribution in [0, 0.1) is 11.3 Å². The minimum absolute atomic E-state index is 0.0195. The average molecular weight is 282 g/mol. The smallest absolute Gasteiger partial charge is 0.321 e. The van der Waals surface area contributed by atoms with Crippen LogP contribution in [0.5, 0.6) is 0 Å². The summed E-state index contributed by atoms with van der Waals surface area (Å²) in [6.07, 6.45) is 0.349. The molecule has 0 saturated heterocycles. The van der Waals surface area contributed by atoms with Crippen molar-refractivity contribution in [3.8, 4) is 6.07 Å². The molecule has 1 aromatic rings. The highest BCUT2D eigenvalue weighted by atomic mass is 32.2. The Morgan fingerprint density at radius 1 is 1.42 bits per heavy atom. The Kier molecular flexibility index (Phi) is 5.03. The molecular formula is C12H14N2O4S.